The highest BCUT2D eigenvalue weighted by molar-refractivity contribution is 5.84. The Kier molecular flexibility index (Phi) is 7.15. The molecule has 0 aromatic heterocycles. The zero-order valence-electron chi connectivity index (χ0n) is 16.0. The van der Waals surface area contributed by atoms with Crippen molar-refractivity contribution in [1.29, 1.82) is 0 Å². The normalized spacial score (nSPS) is 15.3. The third kappa shape index (κ3) is 5.67. The van der Waals surface area contributed by atoms with E-state index in [0.717, 1.165) is 0 Å². The van der Waals surface area contributed by atoms with Gasteiger partial charge in [-0.15, -0.1) is 0 Å². The van der Waals surface area contributed by atoms with Crippen molar-refractivity contribution in [2.45, 2.75) is 32.7 Å². The van der Waals surface area contributed by atoms with Gasteiger partial charge in [0.1, 0.15) is 0 Å². The summed E-state index contributed by atoms with van der Waals surface area (Å²) < 4.78 is 18.6. The predicted octanol–water partition coefficient (Wildman–Crippen LogP) is 1.48. The summed E-state index contributed by atoms with van der Waals surface area (Å²) in [6.45, 7) is 5.28. The first-order valence-electron chi connectivity index (χ1n) is 8.98. The van der Waals surface area contributed by atoms with E-state index in [1.165, 1.54) is 26.2 Å². The number of hydrogen-bond acceptors (Lipinski definition) is 4. The van der Waals surface area contributed by atoms with Crippen LogP contribution in [0.5, 0.6) is 5.75 Å². The number of ether oxygens (including phenoxy) is 1. The van der Waals surface area contributed by atoms with E-state index in [4.69, 9.17) is 4.74 Å². The molecule has 1 fully saturated rings. The fourth-order valence-corrected chi connectivity index (χ4v) is 3.00. The van der Waals surface area contributed by atoms with Crippen molar-refractivity contribution in [3.8, 4) is 5.75 Å². The average molecular weight is 379 g/mol. The lowest BCUT2D eigenvalue weighted by atomic mass is 10.1. The Bertz CT molecular complexity index is 702. The minimum Gasteiger partial charge on any atom is -0.494 e. The summed E-state index contributed by atoms with van der Waals surface area (Å²) in [6.07, 6.45) is 0.171. The number of halogens is 1. The number of piperazine rings is 1. The van der Waals surface area contributed by atoms with Crippen molar-refractivity contribution in [3.63, 3.8) is 0 Å². The fourth-order valence-electron chi connectivity index (χ4n) is 3.00. The number of rotatable bonds is 6. The van der Waals surface area contributed by atoms with E-state index in [9.17, 15) is 18.8 Å². The molecule has 1 aliphatic rings. The highest BCUT2D eigenvalue weighted by Crippen LogP contribution is 2.21. The average Bonchev–Trinajstić information content (AvgIpc) is 2.66. The van der Waals surface area contributed by atoms with Crippen molar-refractivity contribution in [2.24, 2.45) is 0 Å². The Labute approximate surface area is 158 Å². The molecule has 1 saturated heterocycles. The van der Waals surface area contributed by atoms with Crippen molar-refractivity contribution < 1.29 is 23.5 Å². The number of nitrogens with one attached hydrogen (secondary N) is 1. The maximum Gasteiger partial charge on any atom is 0.223 e. The van der Waals surface area contributed by atoms with Crippen molar-refractivity contribution in [2.75, 3.05) is 33.3 Å². The summed E-state index contributed by atoms with van der Waals surface area (Å²) >= 11 is 0. The number of carbonyl (C=O) groups is 3. The second kappa shape index (κ2) is 9.34. The molecule has 148 valence electrons. The molecule has 0 aliphatic carbocycles. The van der Waals surface area contributed by atoms with Crippen LogP contribution in [0.1, 0.15) is 38.3 Å². The molecule has 1 aliphatic heterocycles. The number of amides is 3. The van der Waals surface area contributed by atoms with Crippen molar-refractivity contribution in [1.82, 2.24) is 15.1 Å². The van der Waals surface area contributed by atoms with E-state index >= 15 is 0 Å². The Balaban J connectivity index is 1.78. The second-order valence-electron chi connectivity index (χ2n) is 6.57. The Morgan fingerprint density at radius 3 is 2.33 bits per heavy atom. The summed E-state index contributed by atoms with van der Waals surface area (Å²) in [5, 5.41) is 2.77. The number of carbonyl (C=O) groups excluding carboxylic acids is 3. The van der Waals surface area contributed by atoms with Crippen LogP contribution in [-0.2, 0) is 14.4 Å². The van der Waals surface area contributed by atoms with Crippen LogP contribution >= 0.6 is 0 Å². The molecule has 1 aromatic carbocycles. The van der Waals surface area contributed by atoms with Crippen LogP contribution in [0.2, 0.25) is 0 Å². The SMILES string of the molecule is COc1ccc([C@@H](C)NC(=O)CCC(=O)N2CCN(C(C)=O)CC2)cc1F. The van der Waals surface area contributed by atoms with Crippen LogP contribution < -0.4 is 10.1 Å². The molecule has 8 heteroatoms. The summed E-state index contributed by atoms with van der Waals surface area (Å²) in [4.78, 5) is 39.0. The minimum absolute atomic E-state index is 0.00503. The van der Waals surface area contributed by atoms with E-state index in [2.05, 4.69) is 5.32 Å². The standard InChI is InChI=1S/C19H26FN3O4/c1-13(15-4-5-17(27-3)16(20)12-15)21-18(25)6-7-19(26)23-10-8-22(9-11-23)14(2)24/h4-5,12-13H,6-11H2,1-3H3,(H,21,25)/t13-/m1/s1. The van der Waals surface area contributed by atoms with Crippen molar-refractivity contribution in [3.05, 3.63) is 29.6 Å². The first-order chi connectivity index (χ1) is 12.8. The second-order valence-corrected chi connectivity index (χ2v) is 6.57. The van der Waals surface area contributed by atoms with Gasteiger partial charge in [-0.05, 0) is 24.6 Å². The van der Waals surface area contributed by atoms with Gasteiger partial charge in [0.15, 0.2) is 11.6 Å². The number of hydrogen-bond donors (Lipinski definition) is 1. The smallest absolute Gasteiger partial charge is 0.223 e. The first-order valence-corrected chi connectivity index (χ1v) is 8.98. The zero-order valence-corrected chi connectivity index (χ0v) is 16.0. The predicted molar refractivity (Wildman–Crippen MR) is 97.6 cm³/mol. The van der Waals surface area contributed by atoms with Crippen molar-refractivity contribution >= 4 is 17.7 Å². The van der Waals surface area contributed by atoms with Gasteiger partial charge in [0.25, 0.3) is 0 Å². The van der Waals surface area contributed by atoms with Gasteiger partial charge in [0.2, 0.25) is 17.7 Å². The van der Waals surface area contributed by atoms with E-state index in [-0.39, 0.29) is 42.4 Å². The lowest BCUT2D eigenvalue weighted by Gasteiger charge is -2.34. The van der Waals surface area contributed by atoms with Gasteiger partial charge in [-0.2, -0.15) is 0 Å². The van der Waals surface area contributed by atoms with Gasteiger partial charge >= 0.3 is 0 Å². The molecular weight excluding hydrogens is 353 g/mol. The summed E-state index contributed by atoms with van der Waals surface area (Å²) in [5.74, 6) is -0.708. The molecule has 0 spiro atoms. The lowest BCUT2D eigenvalue weighted by molar-refractivity contribution is -0.139. The van der Waals surface area contributed by atoms with Crippen LogP contribution in [0, 0.1) is 5.82 Å². The maximum absolute atomic E-state index is 13.8. The van der Waals surface area contributed by atoms with E-state index in [1.54, 1.807) is 22.8 Å². The number of methoxy groups -OCH3 is 1. The largest absolute Gasteiger partial charge is 0.494 e. The highest BCUT2D eigenvalue weighted by Gasteiger charge is 2.22. The first kappa shape index (κ1) is 20.7. The number of benzene rings is 1. The molecule has 1 heterocycles. The quantitative estimate of drug-likeness (QED) is 0.812. The van der Waals surface area contributed by atoms with Gasteiger partial charge in [-0.3, -0.25) is 14.4 Å². The lowest BCUT2D eigenvalue weighted by Crippen LogP contribution is -2.50. The number of nitrogens with zero attached hydrogens (tertiary/aromatic N) is 2. The monoisotopic (exact) mass is 379 g/mol. The summed E-state index contributed by atoms with van der Waals surface area (Å²) in [7, 11) is 1.39. The van der Waals surface area contributed by atoms with Gasteiger partial charge in [0, 0.05) is 45.9 Å². The van der Waals surface area contributed by atoms with Gasteiger partial charge in [-0.1, -0.05) is 6.07 Å². The van der Waals surface area contributed by atoms with E-state index in [0.29, 0.717) is 31.7 Å². The molecule has 0 radical (unpaired) electrons. The van der Waals surface area contributed by atoms with E-state index < -0.39 is 5.82 Å². The van der Waals surface area contributed by atoms with Crippen LogP contribution in [-0.4, -0.2) is 60.8 Å². The van der Waals surface area contributed by atoms with Gasteiger partial charge in [0.05, 0.1) is 13.2 Å². The van der Waals surface area contributed by atoms with Gasteiger partial charge in [-0.25, -0.2) is 4.39 Å². The molecule has 27 heavy (non-hydrogen) atoms. The zero-order chi connectivity index (χ0) is 20.0. The molecule has 0 unspecified atom stereocenters. The molecule has 2 rings (SSSR count). The Hall–Kier alpha value is -2.64. The third-order valence-electron chi connectivity index (χ3n) is 4.70. The highest BCUT2D eigenvalue weighted by atomic mass is 19.1. The topological polar surface area (TPSA) is 79.0 Å². The summed E-state index contributed by atoms with van der Waals surface area (Å²) in [5.41, 5.74) is 0.619. The van der Waals surface area contributed by atoms with Crippen LogP contribution in [0.3, 0.4) is 0 Å². The van der Waals surface area contributed by atoms with E-state index in [1.807, 2.05) is 0 Å². The minimum atomic E-state index is -0.490. The molecule has 1 N–H and O–H groups in total. The van der Waals surface area contributed by atoms with Crippen LogP contribution in [0.25, 0.3) is 0 Å². The molecule has 3 amide bonds. The molecule has 1 atom stereocenters. The molecule has 0 saturated carbocycles. The molecule has 0 bridgehead atoms. The Morgan fingerprint density at radius 1 is 1.15 bits per heavy atom. The Morgan fingerprint density at radius 2 is 1.78 bits per heavy atom. The van der Waals surface area contributed by atoms with Crippen LogP contribution in [0.4, 0.5) is 4.39 Å². The maximum atomic E-state index is 13.8. The molecular formula is C19H26FN3O4. The van der Waals surface area contributed by atoms with Gasteiger partial charge < -0.3 is 19.9 Å². The summed E-state index contributed by atoms with van der Waals surface area (Å²) in [6, 6.07) is 4.14. The third-order valence-corrected chi connectivity index (χ3v) is 4.70. The molecule has 7 nitrogen and oxygen atoms in total. The van der Waals surface area contributed by atoms with Crippen LogP contribution in [0.15, 0.2) is 18.2 Å². The fraction of sp³-hybridized carbons (Fsp3) is 0.526. The molecule has 1 aromatic rings.